The van der Waals surface area contributed by atoms with E-state index in [1.807, 2.05) is 24.4 Å². The number of aryl methyl sites for hydroxylation is 1. The number of hydrogen-bond donors (Lipinski definition) is 8. The van der Waals surface area contributed by atoms with Gasteiger partial charge in [0.15, 0.2) is 11.5 Å². The summed E-state index contributed by atoms with van der Waals surface area (Å²) in [6.45, 7) is 2.70. The van der Waals surface area contributed by atoms with Crippen LogP contribution >= 0.6 is 21.6 Å². The number of H-pyrrole nitrogens is 1. The standard InChI is InChI=1S/C47H61N3O6S2/c1-2-47-11-9-29-15-27-6-7-28-18-39(52)41(21-37(28)36(27)20-40(53)43(29)45(55)31-14-26(22-47)5-8-33(47)16-31)56-42-19-30(17-34-4-3-12-49-34)35-10-13-50-46(48)38(35)25-58-57-24-32(23-51)44(42)54/h3-4,10,12,15,18,21,26,29-33,36,40,42-45,49-55H,2,5-8,13-14,16-17,19-20,22-25,48H2,1H3. The Morgan fingerprint density at radius 3 is 2.74 bits per heavy atom. The zero-order valence-corrected chi connectivity index (χ0v) is 35.2. The quantitative estimate of drug-likeness (QED) is 0.0938. The lowest BCUT2D eigenvalue weighted by Gasteiger charge is -2.41. The molecule has 312 valence electrons. The molecule has 3 heterocycles. The predicted molar refractivity (Wildman–Crippen MR) is 231 cm³/mol. The fraction of sp³-hybridized carbons (Fsp3) is 0.617. The smallest absolute Gasteiger partial charge is 0.161 e. The number of fused-ring (bicyclic) bond motifs is 6. The lowest BCUT2D eigenvalue weighted by molar-refractivity contribution is -0.0375. The van der Waals surface area contributed by atoms with Crippen molar-refractivity contribution in [1.29, 1.82) is 0 Å². The Labute approximate surface area is 351 Å². The van der Waals surface area contributed by atoms with Crippen LogP contribution in [0.4, 0.5) is 0 Å². The topological polar surface area (TPSA) is 164 Å². The molecular weight excluding hydrogens is 767 g/mol. The third kappa shape index (κ3) is 7.64. The Morgan fingerprint density at radius 2 is 1.93 bits per heavy atom. The van der Waals surface area contributed by atoms with Crippen LogP contribution in [0.15, 0.2) is 65.2 Å². The molecule has 13 unspecified atom stereocenters. The summed E-state index contributed by atoms with van der Waals surface area (Å²) in [4.78, 5) is 3.36. The maximum atomic E-state index is 12.2. The zero-order valence-electron chi connectivity index (χ0n) is 33.6. The molecule has 0 spiro atoms. The number of phenolic OH excluding ortho intramolecular Hbond substituents is 1. The number of nitrogens with two attached hydrogens (primary N) is 1. The Hall–Kier alpha value is -2.98. The van der Waals surface area contributed by atoms with Crippen molar-refractivity contribution in [2.45, 2.75) is 108 Å². The fourth-order valence-corrected chi connectivity index (χ4v) is 14.7. The van der Waals surface area contributed by atoms with E-state index in [9.17, 15) is 25.5 Å². The van der Waals surface area contributed by atoms with Gasteiger partial charge in [0.05, 0.1) is 18.3 Å². The van der Waals surface area contributed by atoms with Crippen molar-refractivity contribution in [3.63, 3.8) is 0 Å². The molecule has 2 aromatic rings. The van der Waals surface area contributed by atoms with Crippen molar-refractivity contribution in [1.82, 2.24) is 10.3 Å². The van der Waals surface area contributed by atoms with Gasteiger partial charge in [0.1, 0.15) is 11.9 Å². The number of aromatic hydroxyl groups is 1. The molecule has 1 saturated heterocycles. The summed E-state index contributed by atoms with van der Waals surface area (Å²) in [7, 11) is 3.28. The number of hydrogen-bond acceptors (Lipinski definition) is 10. The number of aromatic nitrogens is 1. The lowest BCUT2D eigenvalue weighted by atomic mass is 9.62. The molecule has 9 nitrogen and oxygen atoms in total. The number of ether oxygens (including phenoxy) is 1. The molecule has 13 atom stereocenters. The second-order valence-corrected chi connectivity index (χ2v) is 21.0. The van der Waals surface area contributed by atoms with Gasteiger partial charge in [-0.3, -0.25) is 0 Å². The van der Waals surface area contributed by atoms with Crippen molar-refractivity contribution in [3.8, 4) is 23.3 Å². The zero-order chi connectivity index (χ0) is 40.1. The van der Waals surface area contributed by atoms with Gasteiger partial charge in [0.2, 0.25) is 0 Å². The molecule has 6 aliphatic carbocycles. The highest BCUT2D eigenvalue weighted by Gasteiger charge is 2.51. The molecule has 10 rings (SSSR count). The first-order valence-corrected chi connectivity index (χ1v) is 24.3. The normalized spacial score (nSPS) is 38.5. The molecule has 9 N–H and O–H groups in total. The maximum Gasteiger partial charge on any atom is 0.161 e. The van der Waals surface area contributed by atoms with Crippen LogP contribution in [0.1, 0.15) is 87.4 Å². The monoisotopic (exact) mass is 827 g/mol. The van der Waals surface area contributed by atoms with Crippen LogP contribution in [0.2, 0.25) is 0 Å². The van der Waals surface area contributed by atoms with E-state index in [-0.39, 0.29) is 47.4 Å². The van der Waals surface area contributed by atoms with Crippen molar-refractivity contribution in [3.05, 3.63) is 82.0 Å². The molecule has 0 radical (unpaired) electrons. The van der Waals surface area contributed by atoms with Gasteiger partial charge in [0.25, 0.3) is 0 Å². The lowest BCUT2D eigenvalue weighted by Crippen LogP contribution is -2.42. The molecule has 4 fully saturated rings. The van der Waals surface area contributed by atoms with E-state index >= 15 is 0 Å². The molecule has 4 bridgehead atoms. The van der Waals surface area contributed by atoms with Crippen molar-refractivity contribution in [2.24, 2.45) is 52.6 Å². The van der Waals surface area contributed by atoms with Crippen molar-refractivity contribution in [2.75, 3.05) is 24.7 Å². The predicted octanol–water partition coefficient (Wildman–Crippen LogP) is 6.33. The first-order valence-electron chi connectivity index (χ1n) is 21.8. The molecular formula is C47H61N3O6S2. The van der Waals surface area contributed by atoms with E-state index in [2.05, 4.69) is 47.3 Å². The molecule has 0 amide bonds. The number of aliphatic hydroxyl groups is 4. The number of rotatable bonds is 6. The summed E-state index contributed by atoms with van der Waals surface area (Å²) < 4.78 is 6.85. The third-order valence-electron chi connectivity index (χ3n) is 15.4. The van der Waals surface area contributed by atoms with Gasteiger partial charge in [0, 0.05) is 71.2 Å². The summed E-state index contributed by atoms with van der Waals surface area (Å²) in [6, 6.07) is 7.81. The molecule has 3 saturated carbocycles. The number of dihydropyridines is 1. The van der Waals surface area contributed by atoms with E-state index in [0.29, 0.717) is 60.7 Å². The largest absolute Gasteiger partial charge is 0.504 e. The number of allylic oxidation sites excluding steroid dienone is 3. The van der Waals surface area contributed by atoms with E-state index in [0.717, 1.165) is 66.5 Å². The minimum atomic E-state index is -1.01. The third-order valence-corrected chi connectivity index (χ3v) is 17.8. The van der Waals surface area contributed by atoms with Crippen molar-refractivity contribution < 1.29 is 30.3 Å². The Morgan fingerprint density at radius 1 is 1.05 bits per heavy atom. The van der Waals surface area contributed by atoms with Gasteiger partial charge in [-0.25, -0.2) is 0 Å². The number of nitrogens with one attached hydrogen (secondary N) is 2. The van der Waals surface area contributed by atoms with Gasteiger partial charge >= 0.3 is 0 Å². The Balaban J connectivity index is 1.06. The number of benzene rings is 1. The summed E-state index contributed by atoms with van der Waals surface area (Å²) >= 11 is 0. The number of phenols is 1. The summed E-state index contributed by atoms with van der Waals surface area (Å²) in [5.74, 6) is 9.80. The Kier molecular flexibility index (Phi) is 11.7. The highest BCUT2D eigenvalue weighted by molar-refractivity contribution is 8.76. The van der Waals surface area contributed by atoms with Gasteiger partial charge in [-0.15, -0.1) is 0 Å². The van der Waals surface area contributed by atoms with Gasteiger partial charge in [-0.1, -0.05) is 64.5 Å². The van der Waals surface area contributed by atoms with Crippen LogP contribution in [0.25, 0.3) is 0 Å². The van der Waals surface area contributed by atoms with Crippen molar-refractivity contribution >= 4 is 21.6 Å². The molecule has 2 aliphatic heterocycles. The summed E-state index contributed by atoms with van der Waals surface area (Å²) in [5, 5.41) is 62.0. The molecule has 1 aromatic carbocycles. The van der Waals surface area contributed by atoms with Gasteiger partial charge in [-0.05, 0) is 129 Å². The summed E-state index contributed by atoms with van der Waals surface area (Å²) in [6.07, 6.45) is 13.0. The summed E-state index contributed by atoms with van der Waals surface area (Å²) in [5.41, 5.74) is 13.1. The van der Waals surface area contributed by atoms with E-state index in [1.54, 1.807) is 21.6 Å². The second kappa shape index (κ2) is 16.8. The first-order chi connectivity index (χ1) is 28.1. The minimum absolute atomic E-state index is 0.00882. The molecule has 11 heteroatoms. The van der Waals surface area contributed by atoms with Crippen LogP contribution in [-0.2, 0) is 12.8 Å². The minimum Gasteiger partial charge on any atom is -0.504 e. The van der Waals surface area contributed by atoms with E-state index in [1.165, 1.54) is 18.4 Å². The van der Waals surface area contributed by atoms with Gasteiger partial charge < -0.3 is 46.3 Å². The number of aliphatic hydroxyl groups excluding tert-OH is 4. The highest BCUT2D eigenvalue weighted by atomic mass is 33.1. The SMILES string of the molecule is CCC12C#CC3C=C4CCc5cc(O)c(OC6CC(Cc7ccc[nH]7)C7=CCNC(N)=C7CSSCC(CO)C6O)cc5C4CC(O)C3C(O)C3CC(CCC1C3)C2. The first kappa shape index (κ1) is 40.4. The van der Waals surface area contributed by atoms with E-state index < -0.39 is 30.3 Å². The average molecular weight is 828 g/mol. The average Bonchev–Trinajstić information content (AvgIpc) is 3.50. The van der Waals surface area contributed by atoms with Crippen LogP contribution in [-0.4, -0.2) is 79.6 Å². The fourth-order valence-electron chi connectivity index (χ4n) is 12.2. The molecule has 8 aliphatic rings. The molecule has 58 heavy (non-hydrogen) atoms. The number of aromatic amines is 1. The van der Waals surface area contributed by atoms with Gasteiger partial charge in [-0.2, -0.15) is 0 Å². The second-order valence-electron chi connectivity index (χ2n) is 18.5. The highest BCUT2D eigenvalue weighted by Crippen LogP contribution is 2.57. The Bertz CT molecular complexity index is 1990. The molecule has 1 aromatic heterocycles. The van der Waals surface area contributed by atoms with Crippen LogP contribution in [0, 0.1) is 58.7 Å². The van der Waals surface area contributed by atoms with Crippen LogP contribution in [0.5, 0.6) is 11.5 Å². The van der Waals surface area contributed by atoms with E-state index in [4.69, 9.17) is 10.5 Å². The van der Waals surface area contributed by atoms with Crippen LogP contribution < -0.4 is 15.8 Å². The maximum absolute atomic E-state index is 12.2. The van der Waals surface area contributed by atoms with Crippen LogP contribution in [0.3, 0.4) is 0 Å².